The summed E-state index contributed by atoms with van der Waals surface area (Å²) >= 11 is 3.46. The van der Waals surface area contributed by atoms with Crippen LogP contribution in [0.1, 0.15) is 19.3 Å². The Hall–Kier alpha value is -1.03. The van der Waals surface area contributed by atoms with Crippen molar-refractivity contribution in [3.63, 3.8) is 0 Å². The molecule has 0 atom stereocenters. The van der Waals surface area contributed by atoms with Gasteiger partial charge in [-0.25, -0.2) is 0 Å². The molecule has 0 bridgehead atoms. The molecular formula is C14H18BrNO2. The maximum atomic E-state index is 11.6. The first-order valence-electron chi connectivity index (χ1n) is 6.25. The monoisotopic (exact) mass is 311 g/mol. The van der Waals surface area contributed by atoms with Gasteiger partial charge in [0.05, 0.1) is 0 Å². The summed E-state index contributed by atoms with van der Waals surface area (Å²) in [5, 5.41) is 3.96. The van der Waals surface area contributed by atoms with Crippen molar-refractivity contribution < 1.29 is 9.53 Å². The smallest absolute Gasteiger partial charge is 0.257 e. The second-order valence-corrected chi connectivity index (χ2v) is 5.61. The van der Waals surface area contributed by atoms with Crippen LogP contribution in [0.25, 0.3) is 0 Å². The van der Waals surface area contributed by atoms with Gasteiger partial charge in [-0.2, -0.15) is 0 Å². The molecule has 1 amide bonds. The molecule has 98 valence electrons. The number of carbonyl (C=O) groups excluding carboxylic acids is 1. The van der Waals surface area contributed by atoms with Crippen LogP contribution in [0.4, 0.5) is 0 Å². The molecule has 1 aliphatic carbocycles. The Kier molecular flexibility index (Phi) is 4.64. The molecule has 1 aliphatic rings. The number of ether oxygens (including phenoxy) is 1. The first-order valence-corrected chi connectivity index (χ1v) is 7.37. The fraction of sp³-hybridized carbons (Fsp3) is 0.500. The number of rotatable bonds is 7. The number of para-hydroxylation sites is 1. The largest absolute Gasteiger partial charge is 0.484 e. The fourth-order valence-electron chi connectivity index (χ4n) is 1.90. The van der Waals surface area contributed by atoms with Crippen LogP contribution in [0.2, 0.25) is 0 Å². The lowest BCUT2D eigenvalue weighted by Gasteiger charge is -2.14. The van der Waals surface area contributed by atoms with E-state index < -0.39 is 0 Å². The highest BCUT2D eigenvalue weighted by molar-refractivity contribution is 9.09. The van der Waals surface area contributed by atoms with Crippen LogP contribution in [-0.2, 0) is 4.79 Å². The lowest BCUT2D eigenvalue weighted by molar-refractivity contribution is -0.123. The number of amides is 1. The first kappa shape index (κ1) is 13.4. The SMILES string of the molecule is O=C(COc1ccccc1)NCC1(CCBr)CC1. The minimum absolute atomic E-state index is 0.0419. The highest BCUT2D eigenvalue weighted by Gasteiger charge is 2.41. The van der Waals surface area contributed by atoms with E-state index in [2.05, 4.69) is 21.2 Å². The van der Waals surface area contributed by atoms with Crippen molar-refractivity contribution in [1.82, 2.24) is 5.32 Å². The Morgan fingerprint density at radius 3 is 2.67 bits per heavy atom. The van der Waals surface area contributed by atoms with Gasteiger partial charge in [0.25, 0.3) is 5.91 Å². The second-order valence-electron chi connectivity index (χ2n) is 4.82. The quantitative estimate of drug-likeness (QED) is 0.786. The molecule has 1 aromatic carbocycles. The van der Waals surface area contributed by atoms with Gasteiger partial charge in [-0.15, -0.1) is 0 Å². The molecule has 18 heavy (non-hydrogen) atoms. The Morgan fingerprint density at radius 2 is 2.06 bits per heavy atom. The van der Waals surface area contributed by atoms with E-state index in [4.69, 9.17) is 4.74 Å². The van der Waals surface area contributed by atoms with Gasteiger partial charge in [0.1, 0.15) is 5.75 Å². The van der Waals surface area contributed by atoms with Crippen molar-refractivity contribution in [1.29, 1.82) is 0 Å². The minimum Gasteiger partial charge on any atom is -0.484 e. The lowest BCUT2D eigenvalue weighted by atomic mass is 10.0. The van der Waals surface area contributed by atoms with E-state index in [1.165, 1.54) is 12.8 Å². The van der Waals surface area contributed by atoms with Crippen LogP contribution < -0.4 is 10.1 Å². The van der Waals surface area contributed by atoms with E-state index in [0.29, 0.717) is 5.41 Å². The van der Waals surface area contributed by atoms with Gasteiger partial charge in [-0.3, -0.25) is 4.79 Å². The standard InChI is InChI=1S/C14H18BrNO2/c15-9-8-14(6-7-14)11-16-13(17)10-18-12-4-2-1-3-5-12/h1-5H,6-11H2,(H,16,17). The van der Waals surface area contributed by atoms with Crippen molar-refractivity contribution in [2.45, 2.75) is 19.3 Å². The molecule has 2 rings (SSSR count). The summed E-state index contributed by atoms with van der Waals surface area (Å²) in [5.41, 5.74) is 0.353. The van der Waals surface area contributed by atoms with E-state index in [9.17, 15) is 4.79 Å². The fourth-order valence-corrected chi connectivity index (χ4v) is 2.74. The predicted octanol–water partition coefficient (Wildman–Crippen LogP) is 2.75. The highest BCUT2D eigenvalue weighted by Crippen LogP contribution is 2.48. The maximum absolute atomic E-state index is 11.6. The zero-order valence-electron chi connectivity index (χ0n) is 10.3. The Balaban J connectivity index is 1.67. The highest BCUT2D eigenvalue weighted by atomic mass is 79.9. The number of nitrogens with one attached hydrogen (secondary N) is 1. The average molecular weight is 312 g/mol. The molecule has 1 N–H and O–H groups in total. The maximum Gasteiger partial charge on any atom is 0.257 e. The summed E-state index contributed by atoms with van der Waals surface area (Å²) in [7, 11) is 0. The number of carbonyl (C=O) groups is 1. The zero-order valence-corrected chi connectivity index (χ0v) is 11.9. The van der Waals surface area contributed by atoms with Crippen LogP contribution in [0, 0.1) is 5.41 Å². The third kappa shape index (κ3) is 4.02. The van der Waals surface area contributed by atoms with Crippen molar-refractivity contribution in [3.05, 3.63) is 30.3 Å². The molecular weight excluding hydrogens is 294 g/mol. The van der Waals surface area contributed by atoms with Crippen LogP contribution in [0.5, 0.6) is 5.75 Å². The number of alkyl halides is 1. The van der Waals surface area contributed by atoms with Crippen molar-refractivity contribution in [2.24, 2.45) is 5.41 Å². The van der Waals surface area contributed by atoms with Crippen LogP contribution in [-0.4, -0.2) is 24.4 Å². The summed E-state index contributed by atoms with van der Waals surface area (Å²) in [6.45, 7) is 0.865. The summed E-state index contributed by atoms with van der Waals surface area (Å²) in [6, 6.07) is 9.40. The number of benzene rings is 1. The summed E-state index contributed by atoms with van der Waals surface area (Å²) in [4.78, 5) is 11.6. The minimum atomic E-state index is -0.0419. The van der Waals surface area contributed by atoms with Crippen molar-refractivity contribution in [2.75, 3.05) is 18.5 Å². The third-order valence-electron chi connectivity index (χ3n) is 3.36. The molecule has 1 aromatic rings. The normalized spacial score (nSPS) is 16.1. The van der Waals surface area contributed by atoms with Gasteiger partial charge in [0.15, 0.2) is 6.61 Å². The molecule has 0 saturated heterocycles. The Bertz CT molecular complexity index is 390. The van der Waals surface area contributed by atoms with E-state index in [1.54, 1.807) is 0 Å². The van der Waals surface area contributed by atoms with Gasteiger partial charge in [0.2, 0.25) is 0 Å². The number of hydrogen-bond acceptors (Lipinski definition) is 2. The van der Waals surface area contributed by atoms with Gasteiger partial charge in [-0.1, -0.05) is 34.1 Å². The van der Waals surface area contributed by atoms with E-state index in [0.717, 1.165) is 24.0 Å². The van der Waals surface area contributed by atoms with Crippen LogP contribution in [0.3, 0.4) is 0 Å². The predicted molar refractivity (Wildman–Crippen MR) is 75.0 cm³/mol. The molecule has 1 fully saturated rings. The molecule has 0 unspecified atom stereocenters. The van der Waals surface area contributed by atoms with Crippen LogP contribution in [0.15, 0.2) is 30.3 Å². The molecule has 0 aromatic heterocycles. The number of halogens is 1. The molecule has 0 radical (unpaired) electrons. The molecule has 3 nitrogen and oxygen atoms in total. The molecule has 4 heteroatoms. The molecule has 0 aliphatic heterocycles. The second kappa shape index (κ2) is 6.23. The van der Waals surface area contributed by atoms with E-state index >= 15 is 0 Å². The summed E-state index contributed by atoms with van der Waals surface area (Å²) in [5.74, 6) is 0.689. The average Bonchev–Trinajstić information content (AvgIpc) is 3.16. The number of hydrogen-bond donors (Lipinski definition) is 1. The van der Waals surface area contributed by atoms with Crippen LogP contribution >= 0.6 is 15.9 Å². The van der Waals surface area contributed by atoms with Gasteiger partial charge >= 0.3 is 0 Å². The van der Waals surface area contributed by atoms with E-state index in [1.807, 2.05) is 30.3 Å². The third-order valence-corrected chi connectivity index (χ3v) is 3.75. The Labute approximate surface area is 116 Å². The van der Waals surface area contributed by atoms with Gasteiger partial charge < -0.3 is 10.1 Å². The summed E-state index contributed by atoms with van der Waals surface area (Å²) in [6.07, 6.45) is 3.57. The van der Waals surface area contributed by atoms with Gasteiger partial charge in [-0.05, 0) is 36.8 Å². The topological polar surface area (TPSA) is 38.3 Å². The van der Waals surface area contributed by atoms with Gasteiger partial charge in [0, 0.05) is 11.9 Å². The molecule has 0 heterocycles. The molecule has 0 spiro atoms. The molecule has 1 saturated carbocycles. The van der Waals surface area contributed by atoms with Crippen molar-refractivity contribution >= 4 is 21.8 Å². The summed E-state index contributed by atoms with van der Waals surface area (Å²) < 4.78 is 5.39. The lowest BCUT2D eigenvalue weighted by Crippen LogP contribution is -2.34. The zero-order chi connectivity index (χ0) is 12.8. The van der Waals surface area contributed by atoms with E-state index in [-0.39, 0.29) is 12.5 Å². The first-order chi connectivity index (χ1) is 8.74. The Morgan fingerprint density at radius 1 is 1.33 bits per heavy atom. The van der Waals surface area contributed by atoms with Crippen molar-refractivity contribution in [3.8, 4) is 5.75 Å².